The number of phosphoric ester groups is 1. The van der Waals surface area contributed by atoms with Gasteiger partial charge in [0.15, 0.2) is 11.5 Å². The van der Waals surface area contributed by atoms with Gasteiger partial charge in [0.1, 0.15) is 6.10 Å². The molecule has 0 aromatic rings. The number of hydrogen-bond acceptors (Lipinski definition) is 6. The minimum atomic E-state index is -4.09. The van der Waals surface area contributed by atoms with E-state index in [0.717, 1.165) is 14.2 Å². The molecule has 1 fully saturated rings. The van der Waals surface area contributed by atoms with Crippen LogP contribution in [0.1, 0.15) is 6.42 Å². The van der Waals surface area contributed by atoms with Crippen LogP contribution in [0.3, 0.4) is 0 Å². The topological polar surface area (TPSA) is 74.4 Å². The molecule has 0 amide bonds. The summed E-state index contributed by atoms with van der Waals surface area (Å²) in [6, 6.07) is 0. The summed E-state index contributed by atoms with van der Waals surface area (Å²) >= 11 is 0. The van der Waals surface area contributed by atoms with Crippen molar-refractivity contribution < 1.29 is 36.4 Å². The molecule has 1 unspecified atom stereocenters. The number of phosphoric acid groups is 1. The fourth-order valence-corrected chi connectivity index (χ4v) is 1.63. The molecular formula is C8H11F2O6P. The van der Waals surface area contributed by atoms with E-state index in [0.29, 0.717) is 0 Å². The van der Waals surface area contributed by atoms with Crippen molar-refractivity contribution in [3.05, 3.63) is 11.8 Å². The van der Waals surface area contributed by atoms with Crippen LogP contribution >= 0.6 is 7.82 Å². The molecule has 0 aromatic carbocycles. The molecule has 0 spiro atoms. The van der Waals surface area contributed by atoms with Gasteiger partial charge in [-0.1, -0.05) is 0 Å². The first-order chi connectivity index (χ1) is 7.91. The van der Waals surface area contributed by atoms with Crippen LogP contribution in [0.4, 0.5) is 8.78 Å². The zero-order valence-corrected chi connectivity index (χ0v) is 10.0. The average molecular weight is 272 g/mol. The van der Waals surface area contributed by atoms with Crippen LogP contribution in [0.2, 0.25) is 0 Å². The number of allylic oxidation sites excluding steroid dienone is 1. The Hall–Kier alpha value is -0.820. The van der Waals surface area contributed by atoms with Crippen molar-refractivity contribution >= 4 is 13.6 Å². The van der Waals surface area contributed by atoms with Gasteiger partial charge in [0.25, 0.3) is 0 Å². The number of halogens is 2. The minimum absolute atomic E-state index is 0.201. The monoisotopic (exact) mass is 272 g/mol. The number of carbonyl (C=O) groups is 1. The van der Waals surface area contributed by atoms with Crippen molar-refractivity contribution in [3.63, 3.8) is 0 Å². The Morgan fingerprint density at radius 3 is 2.29 bits per heavy atom. The van der Waals surface area contributed by atoms with Crippen LogP contribution in [-0.4, -0.2) is 32.7 Å². The summed E-state index contributed by atoms with van der Waals surface area (Å²) in [6.45, 7) is 0.201. The second-order valence-electron chi connectivity index (χ2n) is 3.05. The highest BCUT2D eigenvalue weighted by Gasteiger charge is 2.35. The zero-order chi connectivity index (χ0) is 13.1. The van der Waals surface area contributed by atoms with Crippen LogP contribution < -0.4 is 0 Å². The largest absolute Gasteiger partial charge is 0.529 e. The molecular weight excluding hydrogens is 261 g/mol. The molecule has 0 aliphatic carbocycles. The van der Waals surface area contributed by atoms with Gasteiger partial charge >= 0.3 is 13.9 Å². The third-order valence-electron chi connectivity index (χ3n) is 1.91. The van der Waals surface area contributed by atoms with Crippen molar-refractivity contribution in [1.82, 2.24) is 0 Å². The minimum Gasteiger partial charge on any atom is -0.402 e. The standard InChI is InChI=1S/C8H11F2O6P/c1-13-17(12,14-2)16-6(8(9)10)3-5(11)7-4-15-7/h7H,3-4H2,1-2H3. The lowest BCUT2D eigenvalue weighted by atomic mass is 10.2. The molecule has 6 nitrogen and oxygen atoms in total. The second kappa shape index (κ2) is 5.68. The van der Waals surface area contributed by atoms with Gasteiger partial charge < -0.3 is 9.26 Å². The van der Waals surface area contributed by atoms with E-state index >= 15 is 0 Å². The van der Waals surface area contributed by atoms with Crippen molar-refractivity contribution in [2.24, 2.45) is 0 Å². The molecule has 0 aromatic heterocycles. The van der Waals surface area contributed by atoms with Gasteiger partial charge in [0.2, 0.25) is 0 Å². The number of ether oxygens (including phenoxy) is 1. The maximum Gasteiger partial charge on any atom is 0.529 e. The lowest BCUT2D eigenvalue weighted by molar-refractivity contribution is -0.120. The molecule has 1 rings (SSSR count). The molecule has 1 aliphatic rings. The second-order valence-corrected chi connectivity index (χ2v) is 4.86. The molecule has 1 aliphatic heterocycles. The fraction of sp³-hybridized carbons (Fsp3) is 0.625. The Labute approximate surface area is 96.1 Å². The summed E-state index contributed by atoms with van der Waals surface area (Å²) in [5.41, 5.74) is 0. The predicted octanol–water partition coefficient (Wildman–Crippen LogP) is 1.87. The summed E-state index contributed by atoms with van der Waals surface area (Å²) < 4.78 is 54.1. The van der Waals surface area contributed by atoms with E-state index in [-0.39, 0.29) is 6.61 Å². The summed E-state index contributed by atoms with van der Waals surface area (Å²) in [6.07, 6.45) is -3.66. The number of carbonyl (C=O) groups excluding carboxylic acids is 1. The van der Waals surface area contributed by atoms with E-state index in [1.165, 1.54) is 0 Å². The van der Waals surface area contributed by atoms with Crippen LogP contribution in [0.5, 0.6) is 0 Å². The molecule has 0 bridgehead atoms. The van der Waals surface area contributed by atoms with Crippen molar-refractivity contribution in [2.75, 3.05) is 20.8 Å². The van der Waals surface area contributed by atoms with Gasteiger partial charge in [-0.15, -0.1) is 0 Å². The SMILES string of the molecule is COP(=O)(OC)OC(CC(=O)C1CO1)=C(F)F. The van der Waals surface area contributed by atoms with E-state index in [1.54, 1.807) is 0 Å². The Morgan fingerprint density at radius 2 is 1.94 bits per heavy atom. The lowest BCUT2D eigenvalue weighted by Crippen LogP contribution is -2.09. The van der Waals surface area contributed by atoms with Crippen molar-refractivity contribution in [3.8, 4) is 0 Å². The van der Waals surface area contributed by atoms with Crippen LogP contribution in [-0.2, 0) is 27.7 Å². The first-order valence-electron chi connectivity index (χ1n) is 4.51. The number of hydrogen-bond donors (Lipinski definition) is 0. The summed E-state index contributed by atoms with van der Waals surface area (Å²) in [5, 5.41) is 0. The van der Waals surface area contributed by atoms with Crippen molar-refractivity contribution in [1.29, 1.82) is 0 Å². The highest BCUT2D eigenvalue weighted by atomic mass is 31.2. The predicted molar refractivity (Wildman–Crippen MR) is 51.3 cm³/mol. The molecule has 0 saturated carbocycles. The molecule has 0 N–H and O–H groups in total. The van der Waals surface area contributed by atoms with Gasteiger partial charge in [0, 0.05) is 14.2 Å². The zero-order valence-electron chi connectivity index (χ0n) is 9.14. The van der Waals surface area contributed by atoms with Gasteiger partial charge in [0.05, 0.1) is 13.0 Å². The summed E-state index contributed by atoms with van der Waals surface area (Å²) in [4.78, 5) is 11.2. The highest BCUT2D eigenvalue weighted by molar-refractivity contribution is 7.48. The summed E-state index contributed by atoms with van der Waals surface area (Å²) in [7, 11) is -2.14. The van der Waals surface area contributed by atoms with Crippen LogP contribution in [0.25, 0.3) is 0 Å². The first-order valence-corrected chi connectivity index (χ1v) is 5.97. The maximum atomic E-state index is 12.5. The van der Waals surface area contributed by atoms with E-state index in [1.807, 2.05) is 0 Å². The van der Waals surface area contributed by atoms with E-state index in [4.69, 9.17) is 0 Å². The molecule has 1 saturated heterocycles. The molecule has 0 radical (unpaired) electrons. The van der Waals surface area contributed by atoms with Gasteiger partial charge in [-0.05, 0) is 0 Å². The average Bonchev–Trinajstić information content (AvgIpc) is 3.11. The molecule has 9 heteroatoms. The molecule has 1 heterocycles. The first kappa shape index (κ1) is 14.2. The normalized spacial score (nSPS) is 18.7. The summed E-state index contributed by atoms with van der Waals surface area (Å²) in [5.74, 6) is -1.61. The number of Topliss-reactive ketones (excluding diaryl/α,β-unsaturated/α-hetero) is 1. The highest BCUT2D eigenvalue weighted by Crippen LogP contribution is 2.50. The van der Waals surface area contributed by atoms with Crippen LogP contribution in [0, 0.1) is 0 Å². The number of rotatable bonds is 7. The lowest BCUT2D eigenvalue weighted by Gasteiger charge is -2.15. The van der Waals surface area contributed by atoms with Crippen molar-refractivity contribution in [2.45, 2.75) is 12.5 Å². The Balaban J connectivity index is 2.70. The van der Waals surface area contributed by atoms with Gasteiger partial charge in [-0.25, -0.2) is 4.57 Å². The van der Waals surface area contributed by atoms with E-state index in [2.05, 4.69) is 18.3 Å². The van der Waals surface area contributed by atoms with E-state index < -0.39 is 38.0 Å². The van der Waals surface area contributed by atoms with Gasteiger partial charge in [-0.3, -0.25) is 13.8 Å². The molecule has 98 valence electrons. The number of ketones is 1. The third kappa shape index (κ3) is 4.16. The maximum absolute atomic E-state index is 12.5. The molecule has 17 heavy (non-hydrogen) atoms. The Morgan fingerprint density at radius 1 is 1.41 bits per heavy atom. The molecule has 1 atom stereocenters. The third-order valence-corrected chi connectivity index (χ3v) is 3.25. The quantitative estimate of drug-likeness (QED) is 0.400. The Kier molecular flexibility index (Phi) is 4.76. The smallest absolute Gasteiger partial charge is 0.402 e. The van der Waals surface area contributed by atoms with E-state index in [9.17, 15) is 18.1 Å². The fourth-order valence-electron chi connectivity index (χ4n) is 0.924. The van der Waals surface area contributed by atoms with Gasteiger partial charge in [-0.2, -0.15) is 8.78 Å². The Bertz CT molecular complexity index is 366. The number of epoxide rings is 1. The van der Waals surface area contributed by atoms with Crippen LogP contribution in [0.15, 0.2) is 11.8 Å².